The molecule has 1 aromatic rings. The lowest BCUT2D eigenvalue weighted by atomic mass is 9.98. The molecule has 106 valence electrons. The van der Waals surface area contributed by atoms with Gasteiger partial charge in [0.05, 0.1) is 0 Å². The second-order valence-corrected chi connectivity index (χ2v) is 4.70. The molecule has 0 aliphatic carbocycles. The van der Waals surface area contributed by atoms with Crippen LogP contribution >= 0.6 is 0 Å². The Morgan fingerprint density at radius 3 is 2.45 bits per heavy atom. The van der Waals surface area contributed by atoms with Gasteiger partial charge in [-0.3, -0.25) is 0 Å². The maximum Gasteiger partial charge on any atom is 0.340 e. The van der Waals surface area contributed by atoms with Crippen LogP contribution in [0.3, 0.4) is 0 Å². The number of rotatable bonds is 0. The summed E-state index contributed by atoms with van der Waals surface area (Å²) < 4.78 is 10.1. The maximum absolute atomic E-state index is 11.7. The van der Waals surface area contributed by atoms with Crippen molar-refractivity contribution in [1.82, 2.24) is 5.32 Å². The van der Waals surface area contributed by atoms with E-state index >= 15 is 0 Å². The predicted octanol–water partition coefficient (Wildman–Crippen LogP) is -1.02. The fourth-order valence-corrected chi connectivity index (χ4v) is 2.32. The highest BCUT2D eigenvalue weighted by Crippen LogP contribution is 2.28. The predicted molar refractivity (Wildman–Crippen MR) is 64.0 cm³/mol. The topological polar surface area (TPSA) is 105 Å². The van der Waals surface area contributed by atoms with Crippen LogP contribution in [0.15, 0.2) is 24.3 Å². The van der Waals surface area contributed by atoms with Gasteiger partial charge in [0.15, 0.2) is 24.7 Å². The average Bonchev–Trinajstić information content (AvgIpc) is 2.47. The Morgan fingerprint density at radius 1 is 1.05 bits per heavy atom. The lowest BCUT2D eigenvalue weighted by molar-refractivity contribution is -0.173. The number of nitrogens with one attached hydrogen (secondary N) is 1. The normalized spacial score (nSPS) is 33.1. The molecular weight excluding hydrogens is 266 g/mol. The van der Waals surface area contributed by atoms with Crippen molar-refractivity contribution in [3.8, 4) is 0 Å². The molecule has 0 radical (unpaired) electrons. The van der Waals surface area contributed by atoms with Crippen LogP contribution in [0.4, 0.5) is 0 Å². The number of esters is 2. The molecule has 2 bridgehead atoms. The van der Waals surface area contributed by atoms with E-state index in [-0.39, 0.29) is 0 Å². The van der Waals surface area contributed by atoms with Gasteiger partial charge < -0.3 is 19.7 Å². The first-order valence-electron chi connectivity index (χ1n) is 6.17. The smallest absolute Gasteiger partial charge is 0.340 e. The highest BCUT2D eigenvalue weighted by atomic mass is 16.6. The van der Waals surface area contributed by atoms with Gasteiger partial charge in [-0.05, 0) is 5.56 Å². The fraction of sp³-hybridized carbons (Fsp3) is 0.385. The molecule has 7 nitrogen and oxygen atoms in total. The van der Waals surface area contributed by atoms with Gasteiger partial charge in [-0.15, -0.1) is 0 Å². The second kappa shape index (κ2) is 4.86. The Morgan fingerprint density at radius 2 is 1.70 bits per heavy atom. The van der Waals surface area contributed by atoms with Crippen LogP contribution in [-0.4, -0.2) is 40.6 Å². The molecule has 7 heteroatoms. The quantitative estimate of drug-likeness (QED) is 0.522. The molecule has 1 aromatic carbocycles. The third-order valence-corrected chi connectivity index (χ3v) is 3.35. The number of carbonyl (C=O) groups excluding carboxylic acids is 2. The van der Waals surface area contributed by atoms with Crippen LogP contribution in [0, 0.1) is 0 Å². The van der Waals surface area contributed by atoms with E-state index < -0.39 is 36.6 Å². The van der Waals surface area contributed by atoms with Crippen LogP contribution in [0.1, 0.15) is 17.4 Å². The van der Waals surface area contributed by atoms with Crippen molar-refractivity contribution in [3.05, 3.63) is 35.4 Å². The van der Waals surface area contributed by atoms with Crippen molar-refractivity contribution in [1.29, 1.82) is 0 Å². The van der Waals surface area contributed by atoms with E-state index in [0.717, 1.165) is 11.1 Å². The van der Waals surface area contributed by atoms with Crippen molar-refractivity contribution in [2.75, 3.05) is 0 Å². The summed E-state index contributed by atoms with van der Waals surface area (Å²) in [5.74, 6) is -2.14. The van der Waals surface area contributed by atoms with Crippen molar-refractivity contribution >= 4 is 11.9 Å². The van der Waals surface area contributed by atoms with Gasteiger partial charge in [0.2, 0.25) is 0 Å². The standard InChI is InChI=1S/C13H13NO6/c15-9-10(16)13(18)20-11-7-4-2-1-3-6(7)5-8(14-11)19-12(9)17/h1-4,8-11,14-16H,5H2. The summed E-state index contributed by atoms with van der Waals surface area (Å²) >= 11 is 0. The van der Waals surface area contributed by atoms with E-state index in [1.807, 2.05) is 12.1 Å². The molecule has 4 atom stereocenters. The molecule has 2 aliphatic rings. The third kappa shape index (κ3) is 2.15. The van der Waals surface area contributed by atoms with Gasteiger partial charge in [0.1, 0.15) is 0 Å². The van der Waals surface area contributed by atoms with E-state index in [0.29, 0.717) is 6.42 Å². The number of carbonyl (C=O) groups is 2. The Balaban J connectivity index is 1.99. The minimum Gasteiger partial charge on any atom is -0.444 e. The van der Waals surface area contributed by atoms with Crippen LogP contribution in [0.2, 0.25) is 0 Å². The van der Waals surface area contributed by atoms with Crippen molar-refractivity contribution in [3.63, 3.8) is 0 Å². The molecule has 0 saturated carbocycles. The number of fused-ring (bicyclic) bond motifs is 4. The lowest BCUT2D eigenvalue weighted by Crippen LogP contribution is -2.44. The molecule has 4 unspecified atom stereocenters. The Labute approximate surface area is 114 Å². The Bertz CT molecular complexity index is 560. The molecule has 2 aliphatic heterocycles. The highest BCUT2D eigenvalue weighted by Gasteiger charge is 2.40. The largest absolute Gasteiger partial charge is 0.444 e. The minimum absolute atomic E-state index is 0.388. The minimum atomic E-state index is -1.96. The molecule has 1 saturated heterocycles. The number of ether oxygens (including phenoxy) is 2. The zero-order valence-corrected chi connectivity index (χ0v) is 10.4. The highest BCUT2D eigenvalue weighted by molar-refractivity contribution is 5.85. The van der Waals surface area contributed by atoms with Crippen LogP contribution in [-0.2, 0) is 25.5 Å². The molecule has 3 rings (SSSR count). The van der Waals surface area contributed by atoms with E-state index in [4.69, 9.17) is 9.47 Å². The van der Waals surface area contributed by atoms with Crippen molar-refractivity contribution < 1.29 is 29.3 Å². The van der Waals surface area contributed by atoms with Crippen LogP contribution in [0.5, 0.6) is 0 Å². The van der Waals surface area contributed by atoms with Gasteiger partial charge >= 0.3 is 11.9 Å². The lowest BCUT2D eigenvalue weighted by Gasteiger charge is -2.31. The number of hydrogen-bond acceptors (Lipinski definition) is 7. The molecule has 0 aromatic heterocycles. The van der Waals surface area contributed by atoms with E-state index in [1.165, 1.54) is 0 Å². The summed E-state index contributed by atoms with van der Waals surface area (Å²) in [5, 5.41) is 21.9. The second-order valence-electron chi connectivity index (χ2n) is 4.70. The maximum atomic E-state index is 11.7. The number of benzene rings is 1. The molecule has 2 heterocycles. The number of aliphatic hydroxyl groups is 2. The van der Waals surface area contributed by atoms with Gasteiger partial charge in [-0.1, -0.05) is 24.3 Å². The zero-order valence-electron chi connectivity index (χ0n) is 10.4. The summed E-state index contributed by atoms with van der Waals surface area (Å²) in [6.45, 7) is 0. The first-order chi connectivity index (χ1) is 9.56. The van der Waals surface area contributed by atoms with Gasteiger partial charge in [-0.25, -0.2) is 14.9 Å². The Kier molecular flexibility index (Phi) is 3.17. The first-order valence-corrected chi connectivity index (χ1v) is 6.17. The molecule has 1 fully saturated rings. The molecular formula is C13H13NO6. The van der Waals surface area contributed by atoms with Crippen LogP contribution in [0.25, 0.3) is 0 Å². The van der Waals surface area contributed by atoms with E-state index in [2.05, 4.69) is 5.32 Å². The third-order valence-electron chi connectivity index (χ3n) is 3.35. The molecule has 20 heavy (non-hydrogen) atoms. The molecule has 3 N–H and O–H groups in total. The monoisotopic (exact) mass is 279 g/mol. The SMILES string of the molecule is O=C1OC2Cc3ccccc3C(N2)OC(=O)C(O)C1O. The summed E-state index contributed by atoms with van der Waals surface area (Å²) in [5.41, 5.74) is 1.60. The molecule has 0 amide bonds. The summed E-state index contributed by atoms with van der Waals surface area (Å²) in [6.07, 6.45) is -5.08. The van der Waals surface area contributed by atoms with Crippen molar-refractivity contribution in [2.45, 2.75) is 31.1 Å². The van der Waals surface area contributed by atoms with Gasteiger partial charge in [0.25, 0.3) is 0 Å². The van der Waals surface area contributed by atoms with Crippen LogP contribution < -0.4 is 5.32 Å². The first kappa shape index (κ1) is 13.0. The average molecular weight is 279 g/mol. The van der Waals surface area contributed by atoms with Gasteiger partial charge in [-0.2, -0.15) is 0 Å². The van der Waals surface area contributed by atoms with Crippen molar-refractivity contribution in [2.24, 2.45) is 0 Å². The van der Waals surface area contributed by atoms with Gasteiger partial charge in [0, 0.05) is 12.0 Å². The Hall–Kier alpha value is -1.96. The molecule has 0 spiro atoms. The fourth-order valence-electron chi connectivity index (χ4n) is 2.32. The number of hydrogen-bond donors (Lipinski definition) is 3. The summed E-state index contributed by atoms with van der Waals surface area (Å²) in [4.78, 5) is 23.3. The summed E-state index contributed by atoms with van der Waals surface area (Å²) in [7, 11) is 0. The zero-order chi connectivity index (χ0) is 14.3. The summed E-state index contributed by atoms with van der Waals surface area (Å²) in [6, 6.07) is 7.23. The van der Waals surface area contributed by atoms with E-state index in [1.54, 1.807) is 12.1 Å². The van der Waals surface area contributed by atoms with E-state index in [9.17, 15) is 19.8 Å². The number of aliphatic hydroxyl groups excluding tert-OH is 2.